The zero-order valence-corrected chi connectivity index (χ0v) is 18.4. The van der Waals surface area contributed by atoms with E-state index in [-0.39, 0.29) is 0 Å². The van der Waals surface area contributed by atoms with E-state index in [2.05, 4.69) is 46.7 Å². The molecule has 6 nitrogen and oxygen atoms in total. The second-order valence-electron chi connectivity index (χ2n) is 9.38. The zero-order chi connectivity index (χ0) is 21.5. The maximum atomic E-state index is 5.61. The molecule has 3 saturated heterocycles. The van der Waals surface area contributed by atoms with Gasteiger partial charge in [0.2, 0.25) is 13.6 Å². The summed E-state index contributed by atoms with van der Waals surface area (Å²) in [7, 11) is 0. The van der Waals surface area contributed by atoms with Gasteiger partial charge in [0.25, 0.3) is 0 Å². The number of fused-ring (bicyclic) bond motifs is 5. The molecule has 2 aromatic carbocycles. The van der Waals surface area contributed by atoms with E-state index < -0.39 is 0 Å². The van der Waals surface area contributed by atoms with Crippen LogP contribution in [0.3, 0.4) is 0 Å². The van der Waals surface area contributed by atoms with E-state index in [1.165, 1.54) is 30.5 Å². The Labute approximate surface area is 189 Å². The molecular formula is C26H30N2O4. The average molecular weight is 435 g/mol. The van der Waals surface area contributed by atoms with E-state index in [1.807, 2.05) is 12.1 Å². The first-order chi connectivity index (χ1) is 15.7. The van der Waals surface area contributed by atoms with Gasteiger partial charge in [0.15, 0.2) is 23.0 Å². The molecule has 6 heteroatoms. The molecule has 0 spiro atoms. The summed E-state index contributed by atoms with van der Waals surface area (Å²) in [6.45, 7) is 9.83. The van der Waals surface area contributed by atoms with Crippen molar-refractivity contribution in [2.24, 2.45) is 11.8 Å². The first-order valence-corrected chi connectivity index (χ1v) is 11.6. The Balaban J connectivity index is 1.22. The molecule has 0 radical (unpaired) electrons. The molecule has 2 aromatic rings. The molecule has 0 aromatic heterocycles. The van der Waals surface area contributed by atoms with Gasteiger partial charge in [-0.15, -0.1) is 6.58 Å². The lowest BCUT2D eigenvalue weighted by Gasteiger charge is -2.50. The highest BCUT2D eigenvalue weighted by Crippen LogP contribution is 2.38. The Morgan fingerprint density at radius 1 is 0.906 bits per heavy atom. The van der Waals surface area contributed by atoms with Crippen molar-refractivity contribution in [3.63, 3.8) is 0 Å². The molecule has 3 fully saturated rings. The number of benzene rings is 2. The van der Waals surface area contributed by atoms with Crippen molar-refractivity contribution in [3.05, 3.63) is 60.2 Å². The predicted molar refractivity (Wildman–Crippen MR) is 121 cm³/mol. The van der Waals surface area contributed by atoms with Gasteiger partial charge in [-0.25, -0.2) is 0 Å². The summed E-state index contributed by atoms with van der Waals surface area (Å²) in [6, 6.07) is 13.2. The van der Waals surface area contributed by atoms with Gasteiger partial charge in [0.1, 0.15) is 0 Å². The minimum Gasteiger partial charge on any atom is -0.454 e. The maximum absolute atomic E-state index is 5.61. The third kappa shape index (κ3) is 3.82. The van der Waals surface area contributed by atoms with Crippen molar-refractivity contribution in [3.8, 4) is 23.0 Å². The second kappa shape index (κ2) is 8.34. The quantitative estimate of drug-likeness (QED) is 0.613. The summed E-state index contributed by atoms with van der Waals surface area (Å²) >= 11 is 0. The van der Waals surface area contributed by atoms with Crippen LogP contribution in [0.4, 0.5) is 0 Å². The molecule has 5 heterocycles. The van der Waals surface area contributed by atoms with Crippen molar-refractivity contribution in [1.29, 1.82) is 0 Å². The minimum atomic E-state index is 0.308. The number of piperidine rings is 3. The molecule has 5 aliphatic heterocycles. The van der Waals surface area contributed by atoms with Gasteiger partial charge < -0.3 is 18.9 Å². The summed E-state index contributed by atoms with van der Waals surface area (Å²) in [5, 5.41) is 0. The van der Waals surface area contributed by atoms with E-state index >= 15 is 0 Å². The lowest BCUT2D eigenvalue weighted by atomic mass is 9.75. The SMILES string of the molecule is C=C[C@H]1CN2CC[C@H]1C[C@@H]2CN(Cc1ccc2c(c1)OCO2)Cc1ccc2c(c1)OCO2. The van der Waals surface area contributed by atoms with Crippen LogP contribution in [0.1, 0.15) is 24.0 Å². The Morgan fingerprint density at radius 2 is 1.53 bits per heavy atom. The van der Waals surface area contributed by atoms with Crippen molar-refractivity contribution >= 4 is 0 Å². The molecule has 0 amide bonds. The first-order valence-electron chi connectivity index (χ1n) is 11.6. The number of rotatable bonds is 7. The van der Waals surface area contributed by atoms with Crippen molar-refractivity contribution < 1.29 is 18.9 Å². The van der Waals surface area contributed by atoms with Crippen LogP contribution in [0.15, 0.2) is 49.1 Å². The highest BCUT2D eigenvalue weighted by atomic mass is 16.7. The lowest BCUT2D eigenvalue weighted by Crippen LogP contribution is -2.56. The van der Waals surface area contributed by atoms with Crippen molar-refractivity contribution in [1.82, 2.24) is 9.80 Å². The molecular weight excluding hydrogens is 404 g/mol. The molecule has 0 aliphatic carbocycles. The van der Waals surface area contributed by atoms with Crippen LogP contribution in [0.2, 0.25) is 0 Å². The summed E-state index contributed by atoms with van der Waals surface area (Å²) in [5.74, 6) is 4.79. The average Bonchev–Trinajstić information content (AvgIpc) is 3.48. The summed E-state index contributed by atoms with van der Waals surface area (Å²) < 4.78 is 22.2. The summed E-state index contributed by atoms with van der Waals surface area (Å²) in [4.78, 5) is 5.24. The summed E-state index contributed by atoms with van der Waals surface area (Å²) in [5.41, 5.74) is 2.49. The van der Waals surface area contributed by atoms with Crippen LogP contribution in [-0.2, 0) is 13.1 Å². The smallest absolute Gasteiger partial charge is 0.231 e. The first kappa shape index (κ1) is 19.9. The van der Waals surface area contributed by atoms with Gasteiger partial charge in [-0.05, 0) is 66.6 Å². The van der Waals surface area contributed by atoms with Gasteiger partial charge in [0.05, 0.1) is 0 Å². The molecule has 168 valence electrons. The monoisotopic (exact) mass is 434 g/mol. The minimum absolute atomic E-state index is 0.308. The third-order valence-corrected chi connectivity index (χ3v) is 7.39. The Kier molecular flexibility index (Phi) is 5.20. The van der Waals surface area contributed by atoms with Gasteiger partial charge >= 0.3 is 0 Å². The largest absolute Gasteiger partial charge is 0.454 e. The van der Waals surface area contributed by atoms with Gasteiger partial charge in [-0.2, -0.15) is 0 Å². The lowest BCUT2D eigenvalue weighted by molar-refractivity contribution is 0.000107. The van der Waals surface area contributed by atoms with Crippen LogP contribution in [-0.4, -0.2) is 49.1 Å². The fraction of sp³-hybridized carbons (Fsp3) is 0.462. The molecule has 4 atom stereocenters. The van der Waals surface area contributed by atoms with Crippen LogP contribution < -0.4 is 18.9 Å². The van der Waals surface area contributed by atoms with Gasteiger partial charge in [-0.3, -0.25) is 9.80 Å². The predicted octanol–water partition coefficient (Wildman–Crippen LogP) is 4.04. The van der Waals surface area contributed by atoms with Crippen LogP contribution in [0.5, 0.6) is 23.0 Å². The Hall–Kier alpha value is -2.70. The molecule has 7 rings (SSSR count). The van der Waals surface area contributed by atoms with Gasteiger partial charge in [-0.1, -0.05) is 18.2 Å². The van der Waals surface area contributed by atoms with Crippen LogP contribution in [0.25, 0.3) is 0 Å². The number of hydrogen-bond acceptors (Lipinski definition) is 6. The van der Waals surface area contributed by atoms with Gasteiger partial charge in [0, 0.05) is 32.2 Å². The van der Waals surface area contributed by atoms with Crippen LogP contribution >= 0.6 is 0 Å². The van der Waals surface area contributed by atoms with E-state index in [9.17, 15) is 0 Å². The normalized spacial score (nSPS) is 27.2. The molecule has 5 aliphatic rings. The zero-order valence-electron chi connectivity index (χ0n) is 18.4. The highest BCUT2D eigenvalue weighted by molar-refractivity contribution is 5.45. The Bertz CT molecular complexity index is 950. The summed E-state index contributed by atoms with van der Waals surface area (Å²) in [6.07, 6.45) is 4.73. The van der Waals surface area contributed by atoms with E-state index in [4.69, 9.17) is 18.9 Å². The van der Waals surface area contributed by atoms with E-state index in [0.717, 1.165) is 55.1 Å². The Morgan fingerprint density at radius 3 is 2.09 bits per heavy atom. The second-order valence-corrected chi connectivity index (χ2v) is 9.38. The van der Waals surface area contributed by atoms with E-state index in [1.54, 1.807) is 0 Å². The molecule has 0 saturated carbocycles. The molecule has 2 bridgehead atoms. The topological polar surface area (TPSA) is 43.4 Å². The third-order valence-electron chi connectivity index (χ3n) is 7.39. The maximum Gasteiger partial charge on any atom is 0.231 e. The number of hydrogen-bond donors (Lipinski definition) is 0. The van der Waals surface area contributed by atoms with Crippen molar-refractivity contribution in [2.75, 3.05) is 33.2 Å². The fourth-order valence-electron chi connectivity index (χ4n) is 5.71. The standard InChI is InChI=1S/C26H30N2O4/c1-2-20-14-28-8-7-21(20)11-22(28)15-27(12-18-3-5-23-25(9-18)31-16-29-23)13-19-4-6-24-26(10-19)32-17-30-24/h2-6,9-10,20-22H,1,7-8,11-17H2/t20-,21-,22+/m0/s1. The highest BCUT2D eigenvalue weighted by Gasteiger charge is 2.39. The number of nitrogens with zero attached hydrogens (tertiary/aromatic N) is 2. The van der Waals surface area contributed by atoms with Crippen LogP contribution in [0, 0.1) is 11.8 Å². The number of ether oxygens (including phenoxy) is 4. The fourth-order valence-corrected chi connectivity index (χ4v) is 5.71. The molecule has 1 unspecified atom stereocenters. The van der Waals surface area contributed by atoms with Crippen molar-refractivity contribution in [2.45, 2.75) is 32.0 Å². The molecule has 0 N–H and O–H groups in total. The van der Waals surface area contributed by atoms with E-state index in [0.29, 0.717) is 25.5 Å². The molecule has 32 heavy (non-hydrogen) atoms.